The maximum atomic E-state index is 10.0. The van der Waals surface area contributed by atoms with E-state index in [-0.39, 0.29) is 23.0 Å². The largest absolute Gasteiger partial charge is 0.508 e. The van der Waals surface area contributed by atoms with Crippen LogP contribution >= 0.6 is 0 Å². The van der Waals surface area contributed by atoms with Crippen LogP contribution in [0, 0.1) is 0 Å². The van der Waals surface area contributed by atoms with E-state index in [0.29, 0.717) is 44.6 Å². The molecule has 1 aliphatic carbocycles. The molecule has 0 unspecified atom stereocenters. The number of hydrogen-bond acceptors (Lipinski definition) is 13. The summed E-state index contributed by atoms with van der Waals surface area (Å²) in [6.07, 6.45) is 2.68. The highest BCUT2D eigenvalue weighted by atomic mass is 16.3. The highest BCUT2D eigenvalue weighted by Crippen LogP contribution is 2.33. The third-order valence-electron chi connectivity index (χ3n) is 5.21. The Morgan fingerprint density at radius 2 is 1.50 bits per heavy atom. The first-order valence-corrected chi connectivity index (χ1v) is 10.9. The van der Waals surface area contributed by atoms with Crippen molar-refractivity contribution in [1.82, 2.24) is 35.6 Å². The van der Waals surface area contributed by atoms with Crippen LogP contribution in [0.15, 0.2) is 61.9 Å². The number of benzene rings is 3. The Balaban J connectivity index is 1.64. The lowest BCUT2D eigenvalue weighted by atomic mass is 10.1. The number of nitrogens with one attached hydrogen (secondary N) is 2. The molecule has 0 saturated carbocycles. The summed E-state index contributed by atoms with van der Waals surface area (Å²) in [5.41, 5.74) is 5.06. The number of aromatic hydroxyl groups is 4. The number of aromatic amines is 1. The predicted molar refractivity (Wildman–Crippen MR) is 135 cm³/mol. The summed E-state index contributed by atoms with van der Waals surface area (Å²) >= 11 is 0. The number of H-pyrrole nitrogens is 1. The Bertz CT molecular complexity index is 1720. The maximum absolute atomic E-state index is 10.0. The van der Waals surface area contributed by atoms with Crippen LogP contribution in [0.3, 0.4) is 0 Å². The van der Waals surface area contributed by atoms with E-state index in [2.05, 4.69) is 51.4 Å². The van der Waals surface area contributed by atoms with E-state index in [1.165, 1.54) is 55.9 Å². The molecule has 16 nitrogen and oxygen atoms in total. The van der Waals surface area contributed by atoms with Gasteiger partial charge in [0.2, 0.25) is 0 Å². The predicted octanol–water partition coefficient (Wildman–Crippen LogP) is 1.40. The van der Waals surface area contributed by atoms with Gasteiger partial charge in [-0.3, -0.25) is 5.10 Å². The fourth-order valence-electron chi connectivity index (χ4n) is 3.53. The van der Waals surface area contributed by atoms with Crippen molar-refractivity contribution in [2.24, 2.45) is 25.5 Å². The van der Waals surface area contributed by atoms with E-state index >= 15 is 0 Å². The molecule has 2 aromatic carbocycles. The van der Waals surface area contributed by atoms with Gasteiger partial charge in [0.1, 0.15) is 56.5 Å². The average molecular weight is 516 g/mol. The van der Waals surface area contributed by atoms with Gasteiger partial charge in [-0.05, 0) is 24.3 Å². The Labute approximate surface area is 212 Å². The number of phenols is 4. The number of fused-ring (bicyclic) bond motifs is 2. The van der Waals surface area contributed by atoms with Crippen LogP contribution in [0.2, 0.25) is 0 Å². The summed E-state index contributed by atoms with van der Waals surface area (Å²) in [5, 5.41) is 76.3. The molecule has 38 heavy (non-hydrogen) atoms. The standard InChI is InChI=1S/C22H20N12O4/c1-23-27-17-19-21(31-33(29-19)25-9-11-3-5-13(35)7-15(11)37)18(28-24-2)22-20(17)30-34(32-22)26-10-12-4-6-14(36)8-16(12)38/h3-10,23,31,35-38H,1-2H3/b25-9+,26-10+,27-17?,28-24?. The summed E-state index contributed by atoms with van der Waals surface area (Å²) < 4.78 is 0. The maximum Gasteiger partial charge on any atom is 0.147 e. The summed E-state index contributed by atoms with van der Waals surface area (Å²) in [6.45, 7) is 0. The lowest BCUT2D eigenvalue weighted by molar-refractivity contribution is 0.449. The zero-order valence-corrected chi connectivity index (χ0v) is 19.9. The van der Waals surface area contributed by atoms with Gasteiger partial charge < -0.3 is 25.9 Å². The second-order valence-electron chi connectivity index (χ2n) is 7.70. The summed E-state index contributed by atoms with van der Waals surface area (Å²) in [5.74, 6) is -0.488. The first kappa shape index (κ1) is 23.9. The van der Waals surface area contributed by atoms with Crippen LogP contribution in [0.4, 0.5) is 5.69 Å². The van der Waals surface area contributed by atoms with Crippen molar-refractivity contribution >= 4 is 29.1 Å². The smallest absolute Gasteiger partial charge is 0.147 e. The molecule has 0 fully saturated rings. The number of phenolic OH excluding ortho intramolecular Hbond substituents is 4. The third-order valence-corrected chi connectivity index (χ3v) is 5.21. The Morgan fingerprint density at radius 1 is 0.868 bits per heavy atom. The highest BCUT2D eigenvalue weighted by Gasteiger charge is 2.25. The third kappa shape index (κ3) is 4.43. The van der Waals surface area contributed by atoms with Crippen molar-refractivity contribution in [3.8, 4) is 34.4 Å². The molecule has 1 aromatic heterocycles. The molecular formula is C22H20N12O4. The zero-order chi connectivity index (χ0) is 26.8. The van der Waals surface area contributed by atoms with Gasteiger partial charge in [0.15, 0.2) is 0 Å². The average Bonchev–Trinajstić information content (AvgIpc) is 3.50. The quantitative estimate of drug-likeness (QED) is 0.110. The molecular weight excluding hydrogens is 496 g/mol. The zero-order valence-electron chi connectivity index (χ0n) is 19.9. The second kappa shape index (κ2) is 9.69. The van der Waals surface area contributed by atoms with E-state index in [1.54, 1.807) is 7.05 Å². The lowest BCUT2D eigenvalue weighted by Gasteiger charge is -2.01. The normalized spacial score (nSPS) is 12.7. The minimum absolute atomic E-state index is 0.0795. The number of rotatable bonds is 6. The van der Waals surface area contributed by atoms with Gasteiger partial charge in [-0.15, -0.1) is 25.5 Å². The molecule has 3 aromatic rings. The molecule has 16 heteroatoms. The summed E-state index contributed by atoms with van der Waals surface area (Å²) in [6, 6.07) is 8.19. The summed E-state index contributed by atoms with van der Waals surface area (Å²) in [4.78, 5) is 2.19. The van der Waals surface area contributed by atoms with Crippen molar-refractivity contribution in [1.29, 1.82) is 0 Å². The van der Waals surface area contributed by atoms with Gasteiger partial charge in [-0.2, -0.15) is 15.3 Å². The van der Waals surface area contributed by atoms with Crippen molar-refractivity contribution in [2.45, 2.75) is 0 Å². The highest BCUT2D eigenvalue weighted by molar-refractivity contribution is 5.95. The summed E-state index contributed by atoms with van der Waals surface area (Å²) in [7, 11) is 3.11. The number of hydrogen-bond donors (Lipinski definition) is 6. The van der Waals surface area contributed by atoms with Gasteiger partial charge >= 0.3 is 0 Å². The topological polar surface area (TPSA) is 219 Å². The Kier molecular flexibility index (Phi) is 6.10. The number of azo groups is 1. The minimum Gasteiger partial charge on any atom is -0.508 e. The number of aromatic nitrogens is 6. The molecule has 1 aliphatic heterocycles. The van der Waals surface area contributed by atoms with E-state index in [9.17, 15) is 20.4 Å². The van der Waals surface area contributed by atoms with Crippen LogP contribution < -0.4 is 10.8 Å². The van der Waals surface area contributed by atoms with E-state index < -0.39 is 0 Å². The van der Waals surface area contributed by atoms with Gasteiger partial charge in [0.05, 0.1) is 12.4 Å². The van der Waals surface area contributed by atoms with Gasteiger partial charge in [-0.25, -0.2) is 0 Å². The van der Waals surface area contributed by atoms with Crippen LogP contribution in [0.1, 0.15) is 11.1 Å². The lowest BCUT2D eigenvalue weighted by Crippen LogP contribution is -2.15. The molecule has 0 saturated heterocycles. The van der Waals surface area contributed by atoms with Crippen molar-refractivity contribution in [3.63, 3.8) is 0 Å². The Morgan fingerprint density at radius 3 is 2.11 bits per heavy atom. The fourth-order valence-corrected chi connectivity index (χ4v) is 3.53. The molecule has 0 radical (unpaired) electrons. The van der Waals surface area contributed by atoms with Crippen LogP contribution in [0.5, 0.6) is 23.0 Å². The number of nitrogens with zero attached hydrogens (tertiary/aromatic N) is 10. The SMILES string of the molecule is CN=Nc1c2[nH]n(/N=C/c3ccc(O)cc3O)nc-2c(=NNC)c2nn(/N=C/c3ccc(O)cc3O)nc12. The molecule has 192 valence electrons. The van der Waals surface area contributed by atoms with Crippen LogP contribution in [0.25, 0.3) is 22.4 Å². The van der Waals surface area contributed by atoms with E-state index in [1.807, 2.05) is 0 Å². The fraction of sp³-hybridized carbons (Fsp3) is 0.0909. The molecule has 2 heterocycles. The molecule has 0 atom stereocenters. The molecule has 2 aliphatic rings. The van der Waals surface area contributed by atoms with Gasteiger partial charge in [0, 0.05) is 37.4 Å². The van der Waals surface area contributed by atoms with Crippen molar-refractivity contribution in [3.05, 3.63) is 52.9 Å². The molecule has 0 bridgehead atoms. The molecule has 0 spiro atoms. The second-order valence-corrected chi connectivity index (χ2v) is 7.70. The van der Waals surface area contributed by atoms with E-state index in [4.69, 9.17) is 0 Å². The van der Waals surface area contributed by atoms with Crippen LogP contribution in [-0.2, 0) is 0 Å². The molecule has 5 rings (SSSR count). The van der Waals surface area contributed by atoms with Crippen molar-refractivity contribution in [2.75, 3.05) is 14.1 Å². The van der Waals surface area contributed by atoms with Crippen molar-refractivity contribution < 1.29 is 20.4 Å². The van der Waals surface area contributed by atoms with Gasteiger partial charge in [0.25, 0.3) is 0 Å². The minimum atomic E-state index is -0.167. The van der Waals surface area contributed by atoms with Gasteiger partial charge in [-0.1, -0.05) is 9.81 Å². The van der Waals surface area contributed by atoms with Crippen LogP contribution in [-0.4, -0.2) is 77.2 Å². The molecule has 0 amide bonds. The molecule has 6 N–H and O–H groups in total. The first-order valence-electron chi connectivity index (χ1n) is 10.9. The Hall–Kier alpha value is -5.80. The van der Waals surface area contributed by atoms with E-state index in [0.717, 1.165) is 9.81 Å². The first-order chi connectivity index (χ1) is 18.4. The monoisotopic (exact) mass is 516 g/mol.